The van der Waals surface area contributed by atoms with Gasteiger partial charge in [0.05, 0.1) is 7.11 Å². The van der Waals surface area contributed by atoms with Gasteiger partial charge in [-0.25, -0.2) is 0 Å². The number of guanidine groups is 1. The van der Waals surface area contributed by atoms with E-state index in [1.54, 1.807) is 7.11 Å². The van der Waals surface area contributed by atoms with Gasteiger partial charge in [0.25, 0.3) is 0 Å². The summed E-state index contributed by atoms with van der Waals surface area (Å²) < 4.78 is 5.11. The van der Waals surface area contributed by atoms with Crippen LogP contribution in [0.5, 0.6) is 5.75 Å². The van der Waals surface area contributed by atoms with Gasteiger partial charge in [-0.3, -0.25) is 4.99 Å². The topological polar surface area (TPSA) is 59.6 Å². The van der Waals surface area contributed by atoms with E-state index in [4.69, 9.17) is 22.1 Å². The van der Waals surface area contributed by atoms with Gasteiger partial charge in [0, 0.05) is 17.3 Å². The molecule has 3 N–H and O–H groups in total. The second-order valence-corrected chi connectivity index (χ2v) is 5.22. The van der Waals surface area contributed by atoms with Gasteiger partial charge >= 0.3 is 0 Å². The normalized spacial score (nSPS) is 10.8. The number of ether oxygens (including phenoxy) is 1. The standard InChI is InChI=1S/C17H20ClN3O.HI/c1-22-15-10-8-14(9-11-15)21-17(19)20-12-4-6-13-5-2-3-7-16(13)18;/h2-3,5,7-11H,4,6,12H2,1H3,(H3,19,20,21);1H. The lowest BCUT2D eigenvalue weighted by atomic mass is 10.1. The van der Waals surface area contributed by atoms with E-state index in [1.807, 2.05) is 48.5 Å². The molecule has 6 heteroatoms. The molecule has 0 aromatic heterocycles. The van der Waals surface area contributed by atoms with Crippen LogP contribution in [0.15, 0.2) is 53.5 Å². The molecular formula is C17H21ClIN3O. The fraction of sp³-hybridized carbons (Fsp3) is 0.235. The fourth-order valence-corrected chi connectivity index (χ4v) is 2.26. The maximum Gasteiger partial charge on any atom is 0.193 e. The minimum atomic E-state index is 0. The van der Waals surface area contributed by atoms with Crippen molar-refractivity contribution in [2.75, 3.05) is 19.0 Å². The van der Waals surface area contributed by atoms with E-state index in [-0.39, 0.29) is 24.0 Å². The van der Waals surface area contributed by atoms with Crippen LogP contribution in [-0.2, 0) is 6.42 Å². The van der Waals surface area contributed by atoms with Crippen molar-refractivity contribution in [2.24, 2.45) is 10.7 Å². The summed E-state index contributed by atoms with van der Waals surface area (Å²) in [4.78, 5) is 4.32. The number of halogens is 2. The second kappa shape index (κ2) is 10.3. The van der Waals surface area contributed by atoms with Gasteiger partial charge in [0.1, 0.15) is 5.75 Å². The molecular weight excluding hydrogens is 425 g/mol. The molecule has 2 aromatic carbocycles. The van der Waals surface area contributed by atoms with Crippen LogP contribution in [0.2, 0.25) is 5.02 Å². The van der Waals surface area contributed by atoms with Crippen molar-refractivity contribution in [1.29, 1.82) is 0 Å². The quantitative estimate of drug-likeness (QED) is 0.301. The van der Waals surface area contributed by atoms with E-state index in [9.17, 15) is 0 Å². The Labute approximate surface area is 159 Å². The van der Waals surface area contributed by atoms with Gasteiger partial charge in [0.2, 0.25) is 0 Å². The van der Waals surface area contributed by atoms with Crippen molar-refractivity contribution in [2.45, 2.75) is 12.8 Å². The summed E-state index contributed by atoms with van der Waals surface area (Å²) in [5.41, 5.74) is 7.89. The molecule has 0 atom stereocenters. The Balaban J connectivity index is 0.00000264. The molecule has 0 aliphatic heterocycles. The average molecular weight is 446 g/mol. The first-order valence-electron chi connectivity index (χ1n) is 7.13. The first-order valence-corrected chi connectivity index (χ1v) is 7.51. The van der Waals surface area contributed by atoms with Gasteiger partial charge in [-0.05, 0) is 48.7 Å². The van der Waals surface area contributed by atoms with Gasteiger partial charge < -0.3 is 15.8 Å². The Morgan fingerprint density at radius 3 is 2.52 bits per heavy atom. The highest BCUT2D eigenvalue weighted by Crippen LogP contribution is 2.16. The molecule has 2 aromatic rings. The molecule has 23 heavy (non-hydrogen) atoms. The summed E-state index contributed by atoms with van der Waals surface area (Å²) in [5.74, 6) is 1.21. The highest BCUT2D eigenvalue weighted by Gasteiger charge is 1.99. The van der Waals surface area contributed by atoms with E-state index in [0.29, 0.717) is 12.5 Å². The van der Waals surface area contributed by atoms with Crippen molar-refractivity contribution < 1.29 is 4.74 Å². The largest absolute Gasteiger partial charge is 0.497 e. The highest BCUT2D eigenvalue weighted by molar-refractivity contribution is 14.0. The number of aliphatic imine (C=N–C) groups is 1. The molecule has 0 fully saturated rings. The van der Waals surface area contributed by atoms with Crippen molar-refractivity contribution >= 4 is 47.2 Å². The van der Waals surface area contributed by atoms with Crippen LogP contribution in [0.4, 0.5) is 5.69 Å². The molecule has 4 nitrogen and oxygen atoms in total. The molecule has 0 bridgehead atoms. The van der Waals surface area contributed by atoms with Crippen LogP contribution in [0, 0.1) is 0 Å². The van der Waals surface area contributed by atoms with E-state index >= 15 is 0 Å². The van der Waals surface area contributed by atoms with Gasteiger partial charge in [-0.2, -0.15) is 0 Å². The predicted molar refractivity (Wildman–Crippen MR) is 108 cm³/mol. The van der Waals surface area contributed by atoms with Crippen LogP contribution >= 0.6 is 35.6 Å². The van der Waals surface area contributed by atoms with E-state index in [1.165, 1.54) is 0 Å². The average Bonchev–Trinajstić information content (AvgIpc) is 2.54. The number of rotatable bonds is 6. The van der Waals surface area contributed by atoms with Gasteiger partial charge in [-0.15, -0.1) is 24.0 Å². The van der Waals surface area contributed by atoms with E-state index < -0.39 is 0 Å². The van der Waals surface area contributed by atoms with Crippen LogP contribution in [0.1, 0.15) is 12.0 Å². The lowest BCUT2D eigenvalue weighted by molar-refractivity contribution is 0.415. The lowest BCUT2D eigenvalue weighted by Gasteiger charge is -2.07. The SMILES string of the molecule is COc1ccc(NC(N)=NCCCc2ccccc2Cl)cc1.I. The summed E-state index contributed by atoms with van der Waals surface area (Å²) in [6.45, 7) is 0.653. The van der Waals surface area contributed by atoms with Crippen molar-refractivity contribution in [3.63, 3.8) is 0 Å². The van der Waals surface area contributed by atoms with Gasteiger partial charge in [-0.1, -0.05) is 29.8 Å². The third-order valence-corrected chi connectivity index (χ3v) is 3.58. The number of aryl methyl sites for hydroxylation is 1. The molecule has 0 radical (unpaired) electrons. The number of nitrogens with one attached hydrogen (secondary N) is 1. The first kappa shape index (κ1) is 19.6. The number of hydrogen-bond acceptors (Lipinski definition) is 2. The number of nitrogens with two attached hydrogens (primary N) is 1. The minimum Gasteiger partial charge on any atom is -0.497 e. The highest BCUT2D eigenvalue weighted by atomic mass is 127. The minimum absolute atomic E-state index is 0. The van der Waals surface area contributed by atoms with E-state index in [0.717, 1.165) is 34.9 Å². The number of hydrogen-bond donors (Lipinski definition) is 2. The zero-order chi connectivity index (χ0) is 15.8. The number of benzene rings is 2. The Hall–Kier alpha value is -1.47. The summed E-state index contributed by atoms with van der Waals surface area (Å²) in [6, 6.07) is 15.4. The number of nitrogens with zero attached hydrogens (tertiary/aromatic N) is 1. The molecule has 0 saturated heterocycles. The summed E-state index contributed by atoms with van der Waals surface area (Å²) in [7, 11) is 1.64. The summed E-state index contributed by atoms with van der Waals surface area (Å²) in [5, 5.41) is 3.85. The fourth-order valence-electron chi connectivity index (χ4n) is 2.03. The zero-order valence-corrected chi connectivity index (χ0v) is 16.0. The van der Waals surface area contributed by atoms with Crippen LogP contribution in [0.3, 0.4) is 0 Å². The molecule has 0 aliphatic rings. The molecule has 2 rings (SSSR count). The Morgan fingerprint density at radius 1 is 1.17 bits per heavy atom. The summed E-state index contributed by atoms with van der Waals surface area (Å²) in [6.07, 6.45) is 1.79. The summed E-state index contributed by atoms with van der Waals surface area (Å²) >= 11 is 6.11. The zero-order valence-electron chi connectivity index (χ0n) is 13.0. The van der Waals surface area contributed by atoms with Crippen molar-refractivity contribution in [3.05, 3.63) is 59.1 Å². The smallest absolute Gasteiger partial charge is 0.193 e. The lowest BCUT2D eigenvalue weighted by Crippen LogP contribution is -2.22. The molecule has 0 unspecified atom stereocenters. The third kappa shape index (κ3) is 6.66. The third-order valence-electron chi connectivity index (χ3n) is 3.21. The van der Waals surface area contributed by atoms with E-state index in [2.05, 4.69) is 10.3 Å². The van der Waals surface area contributed by atoms with Crippen LogP contribution in [0.25, 0.3) is 0 Å². The monoisotopic (exact) mass is 445 g/mol. The molecule has 0 spiro atoms. The first-order chi connectivity index (χ1) is 10.7. The van der Waals surface area contributed by atoms with Crippen LogP contribution < -0.4 is 15.8 Å². The van der Waals surface area contributed by atoms with Crippen molar-refractivity contribution in [3.8, 4) is 5.75 Å². The molecule has 0 amide bonds. The maximum absolute atomic E-state index is 6.11. The predicted octanol–water partition coefficient (Wildman–Crippen LogP) is 4.33. The molecule has 124 valence electrons. The Bertz CT molecular complexity index is 632. The number of anilines is 1. The van der Waals surface area contributed by atoms with Gasteiger partial charge in [0.15, 0.2) is 5.96 Å². The number of methoxy groups -OCH3 is 1. The molecule has 0 heterocycles. The van der Waals surface area contributed by atoms with Crippen molar-refractivity contribution in [1.82, 2.24) is 0 Å². The Kier molecular flexibility index (Phi) is 8.79. The molecule has 0 aliphatic carbocycles. The van der Waals surface area contributed by atoms with Crippen LogP contribution in [-0.4, -0.2) is 19.6 Å². The second-order valence-electron chi connectivity index (χ2n) is 4.82. The Morgan fingerprint density at radius 2 is 1.87 bits per heavy atom. The molecule has 0 saturated carbocycles. The maximum atomic E-state index is 6.11.